The van der Waals surface area contributed by atoms with Crippen molar-refractivity contribution in [3.8, 4) is 0 Å². The van der Waals surface area contributed by atoms with Crippen molar-refractivity contribution in [2.75, 3.05) is 6.54 Å². The van der Waals surface area contributed by atoms with Crippen molar-refractivity contribution in [2.45, 2.75) is 33.1 Å². The van der Waals surface area contributed by atoms with Crippen LogP contribution in [-0.4, -0.2) is 6.54 Å². The second kappa shape index (κ2) is 6.46. The predicted molar refractivity (Wildman–Crippen MR) is 45.5 cm³/mol. The highest BCUT2D eigenvalue weighted by atomic mass is 14.8. The zero-order chi connectivity index (χ0) is 7.82. The Balaban J connectivity index is 3.28. The Morgan fingerprint density at radius 3 is 2.60 bits per heavy atom. The van der Waals surface area contributed by atoms with E-state index in [4.69, 9.17) is 5.73 Å². The van der Waals surface area contributed by atoms with E-state index < -0.39 is 0 Å². The van der Waals surface area contributed by atoms with Crippen molar-refractivity contribution in [3.63, 3.8) is 0 Å². The molecule has 0 radical (unpaired) electrons. The van der Waals surface area contributed by atoms with Crippen LogP contribution in [0.3, 0.4) is 0 Å². The van der Waals surface area contributed by atoms with E-state index in [2.05, 4.69) is 19.2 Å². The zero-order valence-corrected chi connectivity index (χ0v) is 6.98. The molecule has 0 aromatic heterocycles. The maximum atomic E-state index is 5.62. The molecule has 0 bridgehead atoms. The minimum atomic E-state index is 0.955. The summed E-state index contributed by atoms with van der Waals surface area (Å²) in [6, 6.07) is 0. The molecular formula is C8H18N2. The highest BCUT2D eigenvalue weighted by Crippen LogP contribution is 1.93. The molecule has 0 rings (SSSR count). The molecule has 0 aromatic rings. The third-order valence-electron chi connectivity index (χ3n) is 1.22. The average molecular weight is 142 g/mol. The third-order valence-corrected chi connectivity index (χ3v) is 1.22. The first-order valence-corrected chi connectivity index (χ1v) is 3.99. The summed E-state index contributed by atoms with van der Waals surface area (Å²) in [5, 5.41) is 3.13. The predicted octanol–water partition coefficient (Wildman–Crippen LogP) is 1.59. The summed E-state index contributed by atoms with van der Waals surface area (Å²) < 4.78 is 0. The molecule has 0 aliphatic carbocycles. The first-order valence-electron chi connectivity index (χ1n) is 3.99. The quantitative estimate of drug-likeness (QED) is 0.572. The molecule has 60 valence electrons. The highest BCUT2D eigenvalue weighted by molar-refractivity contribution is 4.93. The molecule has 0 aliphatic rings. The van der Waals surface area contributed by atoms with Crippen LogP contribution in [0.15, 0.2) is 11.9 Å². The van der Waals surface area contributed by atoms with Gasteiger partial charge in [0, 0.05) is 18.4 Å². The normalized spacial score (nSPS) is 11.6. The van der Waals surface area contributed by atoms with E-state index in [9.17, 15) is 0 Å². The minimum absolute atomic E-state index is 0.955. The van der Waals surface area contributed by atoms with Gasteiger partial charge in [-0.05, 0) is 12.8 Å². The van der Waals surface area contributed by atoms with Crippen molar-refractivity contribution in [2.24, 2.45) is 5.73 Å². The maximum absolute atomic E-state index is 5.62. The summed E-state index contributed by atoms with van der Waals surface area (Å²) in [4.78, 5) is 0. The molecular weight excluding hydrogens is 124 g/mol. The SMILES string of the molecule is CCCN/C=C(/N)CCC. The zero-order valence-electron chi connectivity index (χ0n) is 6.98. The summed E-state index contributed by atoms with van der Waals surface area (Å²) in [6.07, 6.45) is 5.18. The average Bonchev–Trinajstić information content (AvgIpc) is 1.89. The molecule has 0 fully saturated rings. The number of nitrogens with one attached hydrogen (secondary N) is 1. The lowest BCUT2D eigenvalue weighted by atomic mass is 10.3. The standard InChI is InChI=1S/C8H18N2/c1-3-5-8(9)7-10-6-4-2/h7,10H,3-6,9H2,1-2H3/b8-7+. The van der Waals surface area contributed by atoms with Crippen LogP contribution in [0.5, 0.6) is 0 Å². The largest absolute Gasteiger partial charge is 0.401 e. The van der Waals surface area contributed by atoms with Gasteiger partial charge in [0.25, 0.3) is 0 Å². The lowest BCUT2D eigenvalue weighted by Crippen LogP contribution is -2.10. The Morgan fingerprint density at radius 2 is 2.10 bits per heavy atom. The van der Waals surface area contributed by atoms with Gasteiger partial charge in [-0.3, -0.25) is 0 Å². The summed E-state index contributed by atoms with van der Waals surface area (Å²) in [5.41, 5.74) is 6.58. The number of hydrogen-bond acceptors (Lipinski definition) is 2. The van der Waals surface area contributed by atoms with E-state index in [0.29, 0.717) is 0 Å². The van der Waals surface area contributed by atoms with Gasteiger partial charge in [0.15, 0.2) is 0 Å². The molecule has 0 atom stereocenters. The molecule has 0 saturated carbocycles. The van der Waals surface area contributed by atoms with Crippen LogP contribution >= 0.6 is 0 Å². The van der Waals surface area contributed by atoms with Crippen LogP contribution in [0.1, 0.15) is 33.1 Å². The third kappa shape index (κ3) is 5.48. The van der Waals surface area contributed by atoms with Crippen LogP contribution in [0, 0.1) is 0 Å². The van der Waals surface area contributed by atoms with Crippen LogP contribution < -0.4 is 11.1 Å². The van der Waals surface area contributed by atoms with Gasteiger partial charge < -0.3 is 11.1 Å². The van der Waals surface area contributed by atoms with Crippen LogP contribution in [0.25, 0.3) is 0 Å². The van der Waals surface area contributed by atoms with E-state index in [1.165, 1.54) is 0 Å². The molecule has 0 saturated heterocycles. The van der Waals surface area contributed by atoms with Gasteiger partial charge in [0.2, 0.25) is 0 Å². The van der Waals surface area contributed by atoms with Crippen molar-refractivity contribution < 1.29 is 0 Å². The summed E-state index contributed by atoms with van der Waals surface area (Å²) in [5.74, 6) is 0. The first kappa shape index (κ1) is 9.34. The summed E-state index contributed by atoms with van der Waals surface area (Å²) in [6.45, 7) is 5.28. The van der Waals surface area contributed by atoms with Crippen LogP contribution in [-0.2, 0) is 0 Å². The summed E-state index contributed by atoms with van der Waals surface area (Å²) >= 11 is 0. The molecule has 0 aromatic carbocycles. The van der Waals surface area contributed by atoms with Gasteiger partial charge in [-0.25, -0.2) is 0 Å². The number of rotatable bonds is 5. The van der Waals surface area contributed by atoms with Gasteiger partial charge in [-0.15, -0.1) is 0 Å². The number of hydrogen-bond donors (Lipinski definition) is 2. The van der Waals surface area contributed by atoms with Crippen molar-refractivity contribution in [3.05, 3.63) is 11.9 Å². The van der Waals surface area contributed by atoms with Crippen LogP contribution in [0.2, 0.25) is 0 Å². The lowest BCUT2D eigenvalue weighted by Gasteiger charge is -1.99. The number of allylic oxidation sites excluding steroid dienone is 1. The van der Waals surface area contributed by atoms with E-state index in [1.807, 2.05) is 6.20 Å². The van der Waals surface area contributed by atoms with Gasteiger partial charge in [-0.2, -0.15) is 0 Å². The monoisotopic (exact) mass is 142 g/mol. The Hall–Kier alpha value is -0.660. The minimum Gasteiger partial charge on any atom is -0.401 e. The van der Waals surface area contributed by atoms with Gasteiger partial charge in [-0.1, -0.05) is 20.3 Å². The number of nitrogens with two attached hydrogens (primary N) is 1. The van der Waals surface area contributed by atoms with Gasteiger partial charge >= 0.3 is 0 Å². The topological polar surface area (TPSA) is 38.0 Å². The molecule has 0 amide bonds. The van der Waals surface area contributed by atoms with Crippen molar-refractivity contribution >= 4 is 0 Å². The Kier molecular flexibility index (Phi) is 6.03. The van der Waals surface area contributed by atoms with Crippen molar-refractivity contribution in [1.82, 2.24) is 5.32 Å². The van der Waals surface area contributed by atoms with Gasteiger partial charge in [0.1, 0.15) is 0 Å². The van der Waals surface area contributed by atoms with Crippen LogP contribution in [0.4, 0.5) is 0 Å². The fraction of sp³-hybridized carbons (Fsp3) is 0.750. The Bertz CT molecular complexity index is 97.4. The fourth-order valence-electron chi connectivity index (χ4n) is 0.708. The summed E-state index contributed by atoms with van der Waals surface area (Å²) in [7, 11) is 0. The molecule has 0 unspecified atom stereocenters. The molecule has 2 nitrogen and oxygen atoms in total. The Labute approximate surface area is 63.5 Å². The van der Waals surface area contributed by atoms with E-state index in [1.54, 1.807) is 0 Å². The van der Waals surface area contributed by atoms with E-state index >= 15 is 0 Å². The maximum Gasteiger partial charge on any atom is 0.0240 e. The second-order valence-corrected chi connectivity index (χ2v) is 2.42. The highest BCUT2D eigenvalue weighted by Gasteiger charge is 1.84. The molecule has 0 heterocycles. The smallest absolute Gasteiger partial charge is 0.0240 e. The van der Waals surface area contributed by atoms with E-state index in [-0.39, 0.29) is 0 Å². The van der Waals surface area contributed by atoms with Gasteiger partial charge in [0.05, 0.1) is 0 Å². The fourth-order valence-corrected chi connectivity index (χ4v) is 0.708. The molecule has 0 spiro atoms. The molecule has 2 heteroatoms. The Morgan fingerprint density at radius 1 is 1.40 bits per heavy atom. The second-order valence-electron chi connectivity index (χ2n) is 2.42. The molecule has 3 N–H and O–H groups in total. The first-order chi connectivity index (χ1) is 4.81. The molecule has 0 aliphatic heterocycles. The molecule has 10 heavy (non-hydrogen) atoms. The van der Waals surface area contributed by atoms with E-state index in [0.717, 1.165) is 31.5 Å². The van der Waals surface area contributed by atoms with Crippen molar-refractivity contribution in [1.29, 1.82) is 0 Å². The lowest BCUT2D eigenvalue weighted by molar-refractivity contribution is 0.786.